The van der Waals surface area contributed by atoms with E-state index in [1.165, 1.54) is 255 Å². The number of aliphatic hydroxyl groups excluding tert-OH is 1. The van der Waals surface area contributed by atoms with E-state index in [-0.39, 0.29) is 61.2 Å². The average Bonchev–Trinajstić information content (AvgIpc) is 0.753. The zero-order chi connectivity index (χ0) is 97.3. The first-order valence-corrected chi connectivity index (χ1v) is 43.9. The Hall–Kier alpha value is -15.8. The van der Waals surface area contributed by atoms with Crippen molar-refractivity contribution in [2.45, 2.75) is 137 Å². The van der Waals surface area contributed by atoms with Gasteiger partial charge >= 0.3 is 77.6 Å². The Bertz CT molecular complexity index is 6020. The molecule has 34 heteroatoms. The van der Waals surface area contributed by atoms with Gasteiger partial charge in [-0.2, -0.15) is 0 Å². The van der Waals surface area contributed by atoms with Crippen LogP contribution in [0.3, 0.4) is 0 Å². The van der Waals surface area contributed by atoms with Gasteiger partial charge in [-0.1, -0.05) is 200 Å². The molecule has 11 aromatic carbocycles. The maximum atomic E-state index is 15.6. The molecule has 1 N–H and O–H groups in total. The van der Waals surface area contributed by atoms with E-state index in [1.54, 1.807) is 78.9 Å². The summed E-state index contributed by atoms with van der Waals surface area (Å²) in [6, 6.07) is 81.0. The van der Waals surface area contributed by atoms with Crippen LogP contribution in [0.1, 0.15) is 128 Å². The lowest BCUT2D eigenvalue weighted by Gasteiger charge is -2.50. The van der Waals surface area contributed by atoms with Crippen molar-refractivity contribution in [2.24, 2.45) is 0 Å². The molecule has 34 nitrogen and oxygen atoms in total. The quantitative estimate of drug-likeness (QED) is 0.0289. The normalized spacial score (nSPS) is 24.1. The molecule has 4 saturated heterocycles. The Labute approximate surface area is 793 Å². The highest BCUT2D eigenvalue weighted by Crippen LogP contribution is 2.41. The molecule has 0 aliphatic carbocycles. The van der Waals surface area contributed by atoms with Crippen molar-refractivity contribution in [1.82, 2.24) is 0 Å². The van der Waals surface area contributed by atoms with Gasteiger partial charge in [-0.25, -0.2) is 52.7 Å². The zero-order valence-corrected chi connectivity index (χ0v) is 74.0. The number of aliphatic hydroxyl groups is 1. The van der Waals surface area contributed by atoms with E-state index < -0.39 is 227 Å². The molecule has 139 heavy (non-hydrogen) atoms. The third-order valence-electron chi connectivity index (χ3n) is 22.2. The van der Waals surface area contributed by atoms with E-state index in [4.69, 9.17) is 94.7 Å². The van der Waals surface area contributed by atoms with Crippen molar-refractivity contribution in [1.29, 1.82) is 0 Å². The molecule has 714 valence electrons. The van der Waals surface area contributed by atoms with Crippen molar-refractivity contribution in [3.63, 3.8) is 0 Å². The van der Waals surface area contributed by atoms with Gasteiger partial charge in [-0.3, -0.25) is 9.59 Å². The molecular formula is C105H90O34. The smallest absolute Gasteiger partial charge is 0.338 e. The number of rotatable bonds is 34. The Morgan fingerprint density at radius 1 is 0.201 bits per heavy atom. The Kier molecular flexibility index (Phi) is 33.1. The molecule has 0 aromatic heterocycles. The van der Waals surface area contributed by atoms with Gasteiger partial charge in [0.25, 0.3) is 0 Å². The molecule has 0 bridgehead atoms. The minimum absolute atomic E-state index is 0.0146. The summed E-state index contributed by atoms with van der Waals surface area (Å²) in [6.45, 7) is -2.17. The molecule has 0 radical (unpaired) electrons. The van der Waals surface area contributed by atoms with Gasteiger partial charge in [0.05, 0.1) is 67.8 Å². The van der Waals surface area contributed by atoms with Crippen LogP contribution in [0, 0.1) is 0 Å². The first kappa shape index (κ1) is 97.7. The molecule has 0 spiro atoms. The lowest BCUT2D eigenvalue weighted by Crippen LogP contribution is -2.69. The average molecular weight is 1900 g/mol. The van der Waals surface area contributed by atoms with Gasteiger partial charge < -0.3 is 99.8 Å². The largest absolute Gasteiger partial charge is 0.459 e. The number of esters is 13. The summed E-state index contributed by atoms with van der Waals surface area (Å²) in [5.41, 5.74) is -1.08. The fourth-order valence-electron chi connectivity index (χ4n) is 15.5. The SMILES string of the molecule is CC(=O)O[C@@H]1[C@@H](O[C@@H]2[C@@H](O[C@@H]3[C@H](OC(=O)c4ccccc4)[C@@H](O)O[C@H](CO[C@H]4O[C@H](COC(=O)c5ccccc5)[C@@H](OC(=O)c5ccccc5)[C@H](OC(=O)c5ccccc5)[C@@H]4OC(=O)c4ccccc4)[C@H]3OC(C)=O)O[C@H](COC(=O)c3ccccc3)[C@@H](OC(=O)c3ccccc3)[C@@H]2OC(=O)c2ccccc2)O[C@H](COC(=O)c2ccccc2)[C@@H](OC(=O)c2ccccc2)[C@@H]1OC(=O)c1ccccc1. The monoisotopic (exact) mass is 1890 g/mol. The number of hydrogen-bond acceptors (Lipinski definition) is 34. The fourth-order valence-corrected chi connectivity index (χ4v) is 15.5. The maximum Gasteiger partial charge on any atom is 0.338 e. The molecule has 15 rings (SSSR count). The van der Waals surface area contributed by atoms with Gasteiger partial charge in [-0.15, -0.1) is 0 Å². The minimum Gasteiger partial charge on any atom is -0.459 e. The highest BCUT2D eigenvalue weighted by atomic mass is 16.8. The summed E-state index contributed by atoms with van der Waals surface area (Å²) in [4.78, 5) is 192. The molecule has 4 aliphatic heterocycles. The highest BCUT2D eigenvalue weighted by Gasteiger charge is 2.62. The topological polar surface area (TPSA) is 427 Å². The second kappa shape index (κ2) is 47.1. The Morgan fingerprint density at radius 3 is 0.655 bits per heavy atom. The first-order chi connectivity index (χ1) is 67.5. The second-order valence-electron chi connectivity index (χ2n) is 31.7. The van der Waals surface area contributed by atoms with Crippen LogP contribution in [0.15, 0.2) is 334 Å². The second-order valence-corrected chi connectivity index (χ2v) is 31.7. The molecule has 4 aliphatic rings. The molecule has 0 amide bonds. The van der Waals surface area contributed by atoms with Gasteiger partial charge in [0.1, 0.15) is 50.3 Å². The standard InChI is InChI=1S/C105H90O34/c1-62(106)124-79-75(61-123-103-88(137-101(118)74-56-34-13-35-57-74)84(133-97(114)70-48-26-9-27-49-70)80(130-94(111)67-42-20-6-21-43-67)76(127-103)58-120-91(108)64-36-14-3-15-37-64)126-102(119)87(136-100(117)73-54-32-12-33-55-73)83(79)138-105-90(86(135-99(116)72-52-30-11-31-53-72)82(132-96(113)69-46-24-8-25-47-69)78(129-105)60-122-93(110)66-40-18-5-19-41-66)139-104-89(125-63(2)107)85(134-98(115)71-50-28-10-29-51-71)81(131-95(112)68-44-22-7-23-45-68)77(128-104)59-121-92(109)65-38-16-4-17-39-65/h3-57,75-90,102-105,119H,58-61H2,1-2H3/t75-,76-,77-,78-,79-,80-,81-,82-,83+,84+,85+,86+,87+,88+,89+,90+,102+,103+,104-,105-/m1/s1. The van der Waals surface area contributed by atoms with Gasteiger partial charge in [0.15, 0.2) is 92.3 Å². The van der Waals surface area contributed by atoms with Crippen LogP contribution in [0.25, 0.3) is 0 Å². The van der Waals surface area contributed by atoms with Crippen LogP contribution in [0.5, 0.6) is 0 Å². The molecule has 20 atom stereocenters. The molecular weight excluding hydrogens is 1810 g/mol. The molecule has 4 heterocycles. The van der Waals surface area contributed by atoms with E-state index in [9.17, 15) is 48.3 Å². The predicted octanol–water partition coefficient (Wildman–Crippen LogP) is 11.9. The van der Waals surface area contributed by atoms with Crippen LogP contribution < -0.4 is 0 Å². The predicted molar refractivity (Wildman–Crippen MR) is 479 cm³/mol. The number of hydrogen-bond donors (Lipinski definition) is 1. The molecule has 0 unspecified atom stereocenters. The summed E-state index contributed by atoms with van der Waals surface area (Å²) in [5, 5.41) is 13.1. The Morgan fingerprint density at radius 2 is 0.388 bits per heavy atom. The summed E-state index contributed by atoms with van der Waals surface area (Å²) >= 11 is 0. The van der Waals surface area contributed by atoms with Crippen LogP contribution >= 0.6 is 0 Å². The van der Waals surface area contributed by atoms with Crippen LogP contribution in [-0.2, 0) is 104 Å². The number of ether oxygens (including phenoxy) is 20. The fraction of sp³-hybridized carbons (Fsp3) is 0.248. The van der Waals surface area contributed by atoms with Crippen molar-refractivity contribution >= 4 is 77.6 Å². The van der Waals surface area contributed by atoms with Gasteiger partial charge in [-0.05, 0) is 133 Å². The van der Waals surface area contributed by atoms with Crippen molar-refractivity contribution in [3.8, 4) is 0 Å². The lowest BCUT2D eigenvalue weighted by molar-refractivity contribution is -0.387. The first-order valence-electron chi connectivity index (χ1n) is 43.9. The van der Waals surface area contributed by atoms with E-state index in [0.29, 0.717) is 0 Å². The van der Waals surface area contributed by atoms with Gasteiger partial charge in [0.2, 0.25) is 0 Å². The third kappa shape index (κ3) is 25.3. The molecule has 0 saturated carbocycles. The van der Waals surface area contributed by atoms with Crippen LogP contribution in [0.4, 0.5) is 0 Å². The van der Waals surface area contributed by atoms with E-state index in [1.807, 2.05) is 0 Å². The summed E-state index contributed by atoms with van der Waals surface area (Å²) in [7, 11) is 0. The van der Waals surface area contributed by atoms with Gasteiger partial charge in [0, 0.05) is 13.8 Å². The summed E-state index contributed by atoms with van der Waals surface area (Å²) in [6.07, 6.45) is -44.5. The lowest BCUT2D eigenvalue weighted by atomic mass is 9.95. The number of carbonyl (C=O) groups excluding carboxylic acids is 13. The molecule has 4 fully saturated rings. The van der Waals surface area contributed by atoms with Crippen LogP contribution in [-0.4, -0.2) is 232 Å². The van der Waals surface area contributed by atoms with Crippen molar-refractivity contribution in [3.05, 3.63) is 395 Å². The van der Waals surface area contributed by atoms with Crippen molar-refractivity contribution < 1.29 is 162 Å². The van der Waals surface area contributed by atoms with Crippen molar-refractivity contribution in [2.75, 3.05) is 26.4 Å². The summed E-state index contributed by atoms with van der Waals surface area (Å²) < 4.78 is 130. The maximum absolute atomic E-state index is 15.6. The third-order valence-corrected chi connectivity index (χ3v) is 22.2. The zero-order valence-electron chi connectivity index (χ0n) is 74.0. The van der Waals surface area contributed by atoms with E-state index in [2.05, 4.69) is 0 Å². The summed E-state index contributed by atoms with van der Waals surface area (Å²) in [5.74, 6) is -14.7. The van der Waals surface area contributed by atoms with Crippen LogP contribution in [0.2, 0.25) is 0 Å². The molecule has 11 aromatic rings. The highest BCUT2D eigenvalue weighted by molar-refractivity contribution is 5.95. The van der Waals surface area contributed by atoms with E-state index in [0.717, 1.165) is 13.8 Å². The number of carbonyl (C=O) groups is 13. The van der Waals surface area contributed by atoms with E-state index >= 15 is 19.2 Å². The number of benzene rings is 11. The Balaban J connectivity index is 0.901. The minimum atomic E-state index is -2.58.